The number of rotatable bonds is 2. The Balaban J connectivity index is 2.54. The van der Waals surface area contributed by atoms with Gasteiger partial charge in [0.1, 0.15) is 11.4 Å². The number of pyridine rings is 1. The number of aryl methyl sites for hydroxylation is 1. The number of carbonyl (C=O) groups excluding carboxylic acids is 1. The second kappa shape index (κ2) is 4.97. The number of methoxy groups -OCH3 is 1. The highest BCUT2D eigenvalue weighted by Gasteiger charge is 2.13. The van der Waals surface area contributed by atoms with Crippen LogP contribution in [0.2, 0.25) is 0 Å². The van der Waals surface area contributed by atoms with Gasteiger partial charge in [-0.15, -0.1) is 0 Å². The van der Waals surface area contributed by atoms with Gasteiger partial charge >= 0.3 is 5.97 Å². The largest absolute Gasteiger partial charge is 0.465 e. The van der Waals surface area contributed by atoms with Gasteiger partial charge in [-0.3, -0.25) is 0 Å². The molecule has 0 unspecified atom stereocenters. The zero-order valence-electron chi connectivity index (χ0n) is 10.8. The molecule has 0 radical (unpaired) electrons. The molecule has 1 heterocycles. The zero-order valence-corrected chi connectivity index (χ0v) is 10.8. The van der Waals surface area contributed by atoms with E-state index in [1.807, 2.05) is 19.1 Å². The van der Waals surface area contributed by atoms with E-state index in [2.05, 4.69) is 9.72 Å². The summed E-state index contributed by atoms with van der Waals surface area (Å²) < 4.78 is 4.68. The first-order valence-electron chi connectivity index (χ1n) is 5.73. The lowest BCUT2D eigenvalue weighted by atomic mass is 10.00. The molecule has 0 aliphatic rings. The van der Waals surface area contributed by atoms with Crippen LogP contribution in [0, 0.1) is 6.92 Å². The lowest BCUT2D eigenvalue weighted by Gasteiger charge is -2.09. The molecule has 0 aliphatic carbocycles. The van der Waals surface area contributed by atoms with Crippen molar-refractivity contribution >= 4 is 17.5 Å². The number of nitrogens with zero attached hydrogens (tertiary/aromatic N) is 1. The minimum atomic E-state index is -0.500. The van der Waals surface area contributed by atoms with Gasteiger partial charge in [0.2, 0.25) is 0 Å². The third-order valence-electron chi connectivity index (χ3n) is 2.89. The number of benzene rings is 1. The van der Waals surface area contributed by atoms with Gasteiger partial charge in [-0.1, -0.05) is 6.07 Å². The molecule has 2 rings (SSSR count). The van der Waals surface area contributed by atoms with E-state index in [1.165, 1.54) is 7.11 Å². The van der Waals surface area contributed by atoms with Gasteiger partial charge in [0.05, 0.1) is 7.11 Å². The van der Waals surface area contributed by atoms with Crippen molar-refractivity contribution in [2.45, 2.75) is 6.92 Å². The fraction of sp³-hybridized carbons (Fsp3) is 0.143. The fourth-order valence-corrected chi connectivity index (χ4v) is 1.91. The molecule has 0 saturated heterocycles. The van der Waals surface area contributed by atoms with E-state index in [0.29, 0.717) is 5.69 Å². The van der Waals surface area contributed by atoms with Crippen molar-refractivity contribution in [2.75, 3.05) is 18.6 Å². The predicted octanol–water partition coefficient (Wildman–Crippen LogP) is 2.01. The van der Waals surface area contributed by atoms with Gasteiger partial charge in [0, 0.05) is 17.4 Å². The molecule has 98 valence electrons. The molecule has 1 aromatic heterocycles. The Morgan fingerprint density at radius 3 is 2.63 bits per heavy atom. The molecule has 0 bridgehead atoms. The van der Waals surface area contributed by atoms with E-state index in [-0.39, 0.29) is 11.4 Å². The SMILES string of the molecule is COC(=O)c1cc(-c2ccc(N)cc2C)cnc1N. The lowest BCUT2D eigenvalue weighted by molar-refractivity contribution is 0.0601. The Labute approximate surface area is 111 Å². The maximum absolute atomic E-state index is 11.6. The van der Waals surface area contributed by atoms with Gasteiger partial charge in [-0.2, -0.15) is 0 Å². The number of carbonyl (C=O) groups is 1. The van der Waals surface area contributed by atoms with Gasteiger partial charge in [-0.05, 0) is 36.2 Å². The first kappa shape index (κ1) is 12.9. The third-order valence-corrected chi connectivity index (χ3v) is 2.89. The standard InChI is InChI=1S/C14H15N3O2/c1-8-5-10(15)3-4-11(8)9-6-12(14(18)19-2)13(16)17-7-9/h3-7H,15H2,1-2H3,(H2,16,17). The average molecular weight is 257 g/mol. The first-order chi connectivity index (χ1) is 9.02. The minimum Gasteiger partial charge on any atom is -0.465 e. The summed E-state index contributed by atoms with van der Waals surface area (Å²) in [4.78, 5) is 15.6. The number of anilines is 2. The number of ether oxygens (including phenoxy) is 1. The predicted molar refractivity (Wildman–Crippen MR) is 74.6 cm³/mol. The number of esters is 1. The monoisotopic (exact) mass is 257 g/mol. The van der Waals surface area contributed by atoms with E-state index in [9.17, 15) is 4.79 Å². The van der Waals surface area contributed by atoms with E-state index in [4.69, 9.17) is 11.5 Å². The molecule has 0 aliphatic heterocycles. The topological polar surface area (TPSA) is 91.2 Å². The Kier molecular flexibility index (Phi) is 3.37. The number of nitrogen functional groups attached to an aromatic ring is 2. The van der Waals surface area contributed by atoms with Crippen LogP contribution in [0.15, 0.2) is 30.5 Å². The van der Waals surface area contributed by atoms with Crippen LogP contribution in [-0.4, -0.2) is 18.1 Å². The molecule has 0 spiro atoms. The van der Waals surface area contributed by atoms with Crippen LogP contribution in [0.1, 0.15) is 15.9 Å². The number of hydrogen-bond donors (Lipinski definition) is 2. The molecule has 2 aromatic rings. The van der Waals surface area contributed by atoms with Gasteiger partial charge in [0.25, 0.3) is 0 Å². The van der Waals surface area contributed by atoms with Gasteiger partial charge in [-0.25, -0.2) is 9.78 Å². The Morgan fingerprint density at radius 1 is 1.26 bits per heavy atom. The van der Waals surface area contributed by atoms with E-state index in [0.717, 1.165) is 16.7 Å². The molecule has 4 N–H and O–H groups in total. The summed E-state index contributed by atoms with van der Waals surface area (Å²) in [6.07, 6.45) is 1.63. The number of hydrogen-bond acceptors (Lipinski definition) is 5. The Bertz CT molecular complexity index is 639. The van der Waals surface area contributed by atoms with Crippen molar-refractivity contribution in [2.24, 2.45) is 0 Å². The Hall–Kier alpha value is -2.56. The van der Waals surface area contributed by atoms with Gasteiger partial charge in [0.15, 0.2) is 0 Å². The molecular weight excluding hydrogens is 242 g/mol. The lowest BCUT2D eigenvalue weighted by Crippen LogP contribution is -2.07. The quantitative estimate of drug-likeness (QED) is 0.634. The highest BCUT2D eigenvalue weighted by atomic mass is 16.5. The molecule has 0 saturated carbocycles. The number of aromatic nitrogens is 1. The summed E-state index contributed by atoms with van der Waals surface area (Å²) in [7, 11) is 1.31. The second-order valence-electron chi connectivity index (χ2n) is 4.22. The van der Waals surface area contributed by atoms with Crippen molar-refractivity contribution in [3.8, 4) is 11.1 Å². The minimum absolute atomic E-state index is 0.156. The highest BCUT2D eigenvalue weighted by Crippen LogP contribution is 2.26. The van der Waals surface area contributed by atoms with Crippen LogP contribution < -0.4 is 11.5 Å². The summed E-state index contributed by atoms with van der Waals surface area (Å²) in [6.45, 7) is 1.94. The van der Waals surface area contributed by atoms with Crippen LogP contribution in [-0.2, 0) is 4.74 Å². The molecule has 0 fully saturated rings. The smallest absolute Gasteiger partial charge is 0.341 e. The molecule has 1 aromatic carbocycles. The summed E-state index contributed by atoms with van der Waals surface area (Å²) in [5, 5.41) is 0. The summed E-state index contributed by atoms with van der Waals surface area (Å²) in [5.41, 5.74) is 15.1. The molecule has 0 amide bonds. The second-order valence-corrected chi connectivity index (χ2v) is 4.22. The first-order valence-corrected chi connectivity index (χ1v) is 5.73. The van der Waals surface area contributed by atoms with Crippen molar-refractivity contribution in [3.63, 3.8) is 0 Å². The molecule has 5 heteroatoms. The summed E-state index contributed by atoms with van der Waals surface area (Å²) >= 11 is 0. The van der Waals surface area contributed by atoms with Crippen LogP contribution in [0.4, 0.5) is 11.5 Å². The Morgan fingerprint density at radius 2 is 2.00 bits per heavy atom. The van der Waals surface area contributed by atoms with Crippen molar-refractivity contribution in [1.82, 2.24) is 4.98 Å². The van der Waals surface area contributed by atoms with E-state index in [1.54, 1.807) is 18.3 Å². The van der Waals surface area contributed by atoms with Crippen LogP contribution in [0.3, 0.4) is 0 Å². The molecule has 5 nitrogen and oxygen atoms in total. The van der Waals surface area contributed by atoms with E-state index >= 15 is 0 Å². The maximum Gasteiger partial charge on any atom is 0.341 e. The zero-order chi connectivity index (χ0) is 14.0. The average Bonchev–Trinajstić information content (AvgIpc) is 2.39. The third kappa shape index (κ3) is 2.49. The molecule has 19 heavy (non-hydrogen) atoms. The molecular formula is C14H15N3O2. The highest BCUT2D eigenvalue weighted by molar-refractivity contribution is 5.95. The summed E-state index contributed by atoms with van der Waals surface area (Å²) in [6, 6.07) is 7.23. The number of nitrogens with two attached hydrogens (primary N) is 2. The summed E-state index contributed by atoms with van der Waals surface area (Å²) in [5.74, 6) is -0.344. The van der Waals surface area contributed by atoms with Crippen LogP contribution >= 0.6 is 0 Å². The fourth-order valence-electron chi connectivity index (χ4n) is 1.91. The van der Waals surface area contributed by atoms with Gasteiger partial charge < -0.3 is 16.2 Å². The van der Waals surface area contributed by atoms with Crippen molar-refractivity contribution in [1.29, 1.82) is 0 Å². The van der Waals surface area contributed by atoms with Crippen LogP contribution in [0.25, 0.3) is 11.1 Å². The van der Waals surface area contributed by atoms with Crippen LogP contribution in [0.5, 0.6) is 0 Å². The van der Waals surface area contributed by atoms with Crippen molar-refractivity contribution < 1.29 is 9.53 Å². The molecule has 0 atom stereocenters. The van der Waals surface area contributed by atoms with Crippen molar-refractivity contribution in [3.05, 3.63) is 41.6 Å². The normalized spacial score (nSPS) is 10.2. The van der Waals surface area contributed by atoms with E-state index < -0.39 is 5.97 Å². The maximum atomic E-state index is 11.6.